The van der Waals surface area contributed by atoms with E-state index in [0.717, 1.165) is 0 Å². The van der Waals surface area contributed by atoms with Crippen LogP contribution in [0.5, 0.6) is 5.75 Å². The number of rotatable bonds is 6. The molecule has 1 aromatic heterocycles. The molecule has 1 fully saturated rings. The van der Waals surface area contributed by atoms with Crippen LogP contribution in [0.25, 0.3) is 0 Å². The molecule has 1 amide bonds. The molecule has 1 aromatic carbocycles. The largest absolute Gasteiger partial charge is 0.494 e. The zero-order chi connectivity index (χ0) is 17.6. The van der Waals surface area contributed by atoms with E-state index in [2.05, 4.69) is 0 Å². The molecule has 6 nitrogen and oxygen atoms in total. The smallest absolute Gasteiger partial charge is 0.242 e. The normalized spacial score (nSPS) is 14.4. The minimum absolute atomic E-state index is 0.0221. The second-order valence-corrected chi connectivity index (χ2v) is 5.75. The van der Waals surface area contributed by atoms with Crippen molar-refractivity contribution in [2.24, 2.45) is 0 Å². The van der Waals surface area contributed by atoms with Crippen molar-refractivity contribution < 1.29 is 23.1 Å². The van der Waals surface area contributed by atoms with Crippen LogP contribution in [-0.4, -0.2) is 50.8 Å². The predicted molar refractivity (Wildman–Crippen MR) is 90.1 cm³/mol. The fourth-order valence-corrected chi connectivity index (χ4v) is 2.76. The molecule has 0 aliphatic carbocycles. The number of nitrogens with zero attached hydrogens (tertiary/aromatic N) is 2. The fourth-order valence-electron chi connectivity index (χ4n) is 2.76. The fraction of sp³-hybridized carbons (Fsp3) is 0.389. The Kier molecular flexibility index (Phi) is 5.55. The summed E-state index contributed by atoms with van der Waals surface area (Å²) < 4.78 is 29.7. The summed E-state index contributed by atoms with van der Waals surface area (Å²) in [5, 5.41) is 0. The Hall–Kier alpha value is -2.54. The van der Waals surface area contributed by atoms with Gasteiger partial charge in [0.15, 0.2) is 11.6 Å². The molecule has 25 heavy (non-hydrogen) atoms. The van der Waals surface area contributed by atoms with Gasteiger partial charge in [-0.15, -0.1) is 0 Å². The number of carbonyl (C=O) groups excluding carboxylic acids is 1. The Bertz CT molecular complexity index is 699. The highest BCUT2D eigenvalue weighted by Crippen LogP contribution is 2.25. The van der Waals surface area contributed by atoms with E-state index < -0.39 is 5.82 Å². The zero-order valence-corrected chi connectivity index (χ0v) is 14.1. The summed E-state index contributed by atoms with van der Waals surface area (Å²) in [5.74, 6) is 0.376. The molecular formula is C18H21FN2O4. The summed E-state index contributed by atoms with van der Waals surface area (Å²) >= 11 is 0. The Morgan fingerprint density at radius 2 is 2.12 bits per heavy atom. The van der Waals surface area contributed by atoms with E-state index >= 15 is 0 Å². The van der Waals surface area contributed by atoms with Crippen LogP contribution in [-0.2, 0) is 16.1 Å². The lowest BCUT2D eigenvalue weighted by Crippen LogP contribution is -2.45. The van der Waals surface area contributed by atoms with E-state index in [4.69, 9.17) is 13.9 Å². The Labute approximate surface area is 145 Å². The number of morpholine rings is 1. The SMILES string of the molecule is COc1ccc(N(CC(=O)N2CCOCC2)Cc2ccco2)cc1F. The van der Waals surface area contributed by atoms with Gasteiger partial charge in [-0.1, -0.05) is 0 Å². The molecule has 1 aliphatic heterocycles. The van der Waals surface area contributed by atoms with Gasteiger partial charge in [0.05, 0.1) is 39.7 Å². The number of hydrogen-bond acceptors (Lipinski definition) is 5. The minimum atomic E-state index is -0.469. The van der Waals surface area contributed by atoms with Gasteiger partial charge in [0, 0.05) is 24.8 Å². The zero-order valence-electron chi connectivity index (χ0n) is 14.1. The average Bonchev–Trinajstić information content (AvgIpc) is 3.15. The standard InChI is InChI=1S/C18H21FN2O4/c1-23-17-5-4-14(11-16(17)19)21(12-15-3-2-8-25-15)13-18(22)20-6-9-24-10-7-20/h2-5,8,11H,6-7,9-10,12-13H2,1H3. The number of carbonyl (C=O) groups is 1. The van der Waals surface area contributed by atoms with Crippen molar-refractivity contribution in [3.05, 3.63) is 48.2 Å². The summed E-state index contributed by atoms with van der Waals surface area (Å²) in [6.45, 7) is 2.73. The van der Waals surface area contributed by atoms with E-state index in [1.54, 1.807) is 34.3 Å². The maximum atomic E-state index is 14.1. The third-order valence-corrected chi connectivity index (χ3v) is 4.12. The Morgan fingerprint density at radius 1 is 1.32 bits per heavy atom. The first-order chi connectivity index (χ1) is 12.2. The lowest BCUT2D eigenvalue weighted by molar-refractivity contribution is -0.133. The van der Waals surface area contributed by atoms with Crippen LogP contribution in [0.4, 0.5) is 10.1 Å². The average molecular weight is 348 g/mol. The lowest BCUT2D eigenvalue weighted by Gasteiger charge is -2.30. The number of furan rings is 1. The van der Waals surface area contributed by atoms with Crippen LogP contribution in [0.1, 0.15) is 5.76 Å². The molecule has 2 heterocycles. The van der Waals surface area contributed by atoms with Crippen molar-refractivity contribution in [1.29, 1.82) is 0 Å². The molecule has 0 bridgehead atoms. The van der Waals surface area contributed by atoms with Gasteiger partial charge in [0.2, 0.25) is 5.91 Å². The van der Waals surface area contributed by atoms with Crippen LogP contribution in [0.2, 0.25) is 0 Å². The minimum Gasteiger partial charge on any atom is -0.494 e. The Morgan fingerprint density at radius 3 is 2.76 bits per heavy atom. The van der Waals surface area contributed by atoms with Crippen LogP contribution >= 0.6 is 0 Å². The van der Waals surface area contributed by atoms with Gasteiger partial charge in [-0.05, 0) is 24.3 Å². The second-order valence-electron chi connectivity index (χ2n) is 5.75. The monoisotopic (exact) mass is 348 g/mol. The molecule has 0 spiro atoms. The molecule has 1 aliphatic rings. The summed E-state index contributed by atoms with van der Waals surface area (Å²) in [6.07, 6.45) is 1.58. The quantitative estimate of drug-likeness (QED) is 0.802. The van der Waals surface area contributed by atoms with Gasteiger partial charge in [-0.25, -0.2) is 4.39 Å². The van der Waals surface area contributed by atoms with Gasteiger partial charge < -0.3 is 23.7 Å². The molecule has 0 radical (unpaired) electrons. The number of hydrogen-bond donors (Lipinski definition) is 0. The van der Waals surface area contributed by atoms with Crippen molar-refractivity contribution >= 4 is 11.6 Å². The topological polar surface area (TPSA) is 55.2 Å². The molecular weight excluding hydrogens is 327 g/mol. The molecule has 1 saturated heterocycles. The first-order valence-corrected chi connectivity index (χ1v) is 8.14. The predicted octanol–water partition coefficient (Wildman–Crippen LogP) is 2.29. The number of anilines is 1. The van der Waals surface area contributed by atoms with E-state index in [1.807, 2.05) is 6.07 Å². The van der Waals surface area contributed by atoms with E-state index in [-0.39, 0.29) is 18.2 Å². The lowest BCUT2D eigenvalue weighted by atomic mass is 10.2. The maximum Gasteiger partial charge on any atom is 0.242 e. The van der Waals surface area contributed by atoms with Gasteiger partial charge >= 0.3 is 0 Å². The number of ether oxygens (including phenoxy) is 2. The third-order valence-electron chi connectivity index (χ3n) is 4.12. The van der Waals surface area contributed by atoms with Crippen molar-refractivity contribution in [2.45, 2.75) is 6.54 Å². The van der Waals surface area contributed by atoms with E-state index in [0.29, 0.717) is 44.3 Å². The summed E-state index contributed by atoms with van der Waals surface area (Å²) in [6, 6.07) is 8.27. The molecule has 0 N–H and O–H groups in total. The van der Waals surface area contributed by atoms with E-state index in [1.165, 1.54) is 13.2 Å². The van der Waals surface area contributed by atoms with Gasteiger partial charge in [0.1, 0.15) is 5.76 Å². The molecule has 3 rings (SSSR count). The van der Waals surface area contributed by atoms with Crippen molar-refractivity contribution in [2.75, 3.05) is 44.9 Å². The van der Waals surface area contributed by atoms with Gasteiger partial charge in [0.25, 0.3) is 0 Å². The molecule has 2 aromatic rings. The van der Waals surface area contributed by atoms with Crippen LogP contribution in [0.15, 0.2) is 41.0 Å². The summed E-state index contributed by atoms with van der Waals surface area (Å²) in [4.78, 5) is 16.2. The molecule has 0 saturated carbocycles. The summed E-state index contributed by atoms with van der Waals surface area (Å²) in [5.41, 5.74) is 0.594. The molecule has 0 atom stereocenters. The van der Waals surface area contributed by atoms with Gasteiger partial charge in [-0.2, -0.15) is 0 Å². The van der Waals surface area contributed by atoms with E-state index in [9.17, 15) is 9.18 Å². The highest BCUT2D eigenvalue weighted by molar-refractivity contribution is 5.81. The highest BCUT2D eigenvalue weighted by atomic mass is 19.1. The van der Waals surface area contributed by atoms with Crippen LogP contribution < -0.4 is 9.64 Å². The highest BCUT2D eigenvalue weighted by Gasteiger charge is 2.21. The Balaban J connectivity index is 1.79. The van der Waals surface area contributed by atoms with Crippen molar-refractivity contribution in [3.8, 4) is 5.75 Å². The second kappa shape index (κ2) is 8.02. The first kappa shape index (κ1) is 17.3. The number of benzene rings is 1. The van der Waals surface area contributed by atoms with Crippen LogP contribution in [0.3, 0.4) is 0 Å². The third kappa shape index (κ3) is 4.30. The maximum absolute atomic E-state index is 14.1. The van der Waals surface area contributed by atoms with Crippen molar-refractivity contribution in [1.82, 2.24) is 4.90 Å². The number of halogens is 1. The molecule has 0 unspecified atom stereocenters. The van der Waals surface area contributed by atoms with Crippen molar-refractivity contribution in [3.63, 3.8) is 0 Å². The molecule has 7 heteroatoms. The van der Waals surface area contributed by atoms with Crippen LogP contribution in [0, 0.1) is 5.82 Å². The first-order valence-electron chi connectivity index (χ1n) is 8.14. The molecule has 134 valence electrons. The van der Waals surface area contributed by atoms with Gasteiger partial charge in [-0.3, -0.25) is 4.79 Å². The summed E-state index contributed by atoms with van der Waals surface area (Å²) in [7, 11) is 1.42. The number of amides is 1. The number of methoxy groups -OCH3 is 1.